The van der Waals surface area contributed by atoms with Crippen LogP contribution in [0.4, 0.5) is 0 Å². The van der Waals surface area contributed by atoms with Crippen molar-refractivity contribution in [3.05, 3.63) is 118 Å². The quantitative estimate of drug-likeness (QED) is 0.292. The fourth-order valence-corrected chi connectivity index (χ4v) is 13.6. The van der Waals surface area contributed by atoms with E-state index in [9.17, 15) is 0 Å². The molecule has 0 N–H and O–H groups in total. The summed E-state index contributed by atoms with van der Waals surface area (Å²) in [5.41, 5.74) is 14.7. The van der Waals surface area contributed by atoms with E-state index in [0.717, 1.165) is 0 Å². The van der Waals surface area contributed by atoms with E-state index in [4.69, 9.17) is 0 Å². The maximum absolute atomic E-state index is 2.48. The minimum absolute atomic E-state index is 0. The van der Waals surface area contributed by atoms with Crippen LogP contribution in [0.15, 0.2) is 73.3 Å². The van der Waals surface area contributed by atoms with E-state index >= 15 is 0 Å². The number of fused-ring (bicyclic) bond motifs is 2. The van der Waals surface area contributed by atoms with E-state index in [1.807, 2.05) is 0 Å². The number of hydrogen-bond acceptors (Lipinski definition) is 0. The average Bonchev–Trinajstić information content (AvgIpc) is 3.59. The largest absolute Gasteiger partial charge is 1.00 e. The molecule has 2 aliphatic rings. The van der Waals surface area contributed by atoms with Gasteiger partial charge in [0, 0.05) is 0 Å². The Kier molecular flexibility index (Phi) is 7.52. The zero-order chi connectivity index (χ0) is 22.7. The zero-order valence-corrected chi connectivity index (χ0v) is 25.5. The van der Waals surface area contributed by atoms with Crippen LogP contribution in [0, 0.1) is 27.7 Å². The predicted molar refractivity (Wildman–Crippen MR) is 135 cm³/mol. The molecule has 2 heterocycles. The monoisotopic (exact) mass is 666 g/mol. The molecule has 176 valence electrons. The van der Waals surface area contributed by atoms with Crippen LogP contribution in [0.3, 0.4) is 0 Å². The molecule has 0 bridgehead atoms. The molecule has 0 aliphatic heterocycles. The van der Waals surface area contributed by atoms with Crippen molar-refractivity contribution in [3.63, 3.8) is 0 Å². The summed E-state index contributed by atoms with van der Waals surface area (Å²) < 4.78 is 5.83. The smallest absolute Gasteiger partial charge is 1.00 e. The van der Waals surface area contributed by atoms with Crippen molar-refractivity contribution in [2.24, 2.45) is 0 Å². The van der Waals surface area contributed by atoms with Crippen LogP contribution >= 0.6 is 0 Å². The maximum atomic E-state index is 2.48. The molecule has 0 saturated heterocycles. The molecule has 0 spiro atoms. The molecule has 0 saturated carbocycles. The molecular formula is C30H28Cl2HfN2. The van der Waals surface area contributed by atoms with Crippen LogP contribution in [-0.2, 0) is 22.9 Å². The molecular weight excluding hydrogens is 638 g/mol. The van der Waals surface area contributed by atoms with Crippen LogP contribution in [-0.4, -0.2) is 9.13 Å². The van der Waals surface area contributed by atoms with Gasteiger partial charge in [0.1, 0.15) is 0 Å². The second-order valence-electron chi connectivity index (χ2n) is 9.41. The fourth-order valence-electron chi connectivity index (χ4n) is 5.58. The van der Waals surface area contributed by atoms with E-state index in [-0.39, 0.29) is 24.8 Å². The maximum Gasteiger partial charge on any atom is -1.00 e. The Hall–Kier alpha value is -2.07. The third-order valence-corrected chi connectivity index (χ3v) is 13.9. The van der Waals surface area contributed by atoms with Gasteiger partial charge in [0.25, 0.3) is 0 Å². The van der Waals surface area contributed by atoms with Crippen LogP contribution in [0.1, 0.15) is 51.9 Å². The van der Waals surface area contributed by atoms with Gasteiger partial charge in [0.2, 0.25) is 0 Å². The van der Waals surface area contributed by atoms with Gasteiger partial charge in [-0.05, 0) is 0 Å². The van der Waals surface area contributed by atoms with Crippen molar-refractivity contribution in [2.45, 2.75) is 35.0 Å². The molecule has 2 aliphatic carbocycles. The van der Waals surface area contributed by atoms with Gasteiger partial charge in [-0.1, -0.05) is 0 Å². The Morgan fingerprint density at radius 3 is 1.26 bits per heavy atom. The molecule has 0 fully saturated rings. The van der Waals surface area contributed by atoms with Gasteiger partial charge in [-0.3, -0.25) is 0 Å². The zero-order valence-electron chi connectivity index (χ0n) is 20.4. The number of benzene rings is 2. The first-order chi connectivity index (χ1) is 16.0. The minimum atomic E-state index is -1.33. The predicted octanol–water partition coefficient (Wildman–Crippen LogP) is 1.42. The SMILES string of the molecule is Cc1ccc(C)c2c1C=C(n1cccc1)[CH]2[Hf+2][CH]1C(n2cccc2)=Cc2c(C)ccc(C)c21.[Cl-].[Cl-]. The topological polar surface area (TPSA) is 9.86 Å². The molecule has 5 heteroatoms. The second-order valence-corrected chi connectivity index (χ2v) is 14.8. The van der Waals surface area contributed by atoms with Crippen molar-refractivity contribution < 1.29 is 47.7 Å². The number of hydrogen-bond donors (Lipinski definition) is 0. The Labute approximate surface area is 231 Å². The Morgan fingerprint density at radius 2 is 0.886 bits per heavy atom. The normalized spacial score (nSPS) is 17.5. The number of aryl methyl sites for hydroxylation is 4. The average molecular weight is 666 g/mol. The molecule has 2 atom stereocenters. The van der Waals surface area contributed by atoms with Crippen molar-refractivity contribution in [2.75, 3.05) is 0 Å². The van der Waals surface area contributed by atoms with Crippen molar-refractivity contribution in [1.29, 1.82) is 0 Å². The summed E-state index contributed by atoms with van der Waals surface area (Å²) in [5.74, 6) is 0. The van der Waals surface area contributed by atoms with E-state index in [2.05, 4.69) is 122 Å². The minimum Gasteiger partial charge on any atom is -1.00 e. The standard InChI is InChI=1S/2C15H14N.2ClH.Hf/c2*1-11-5-6-12(2)15-10-13(9-14(11)15)16-7-3-4-8-16;;;/h2*3-10H,1-2H3;2*1H;/q;;;;+2/p-2. The second kappa shape index (κ2) is 10.1. The van der Waals surface area contributed by atoms with Gasteiger partial charge in [-0.2, -0.15) is 0 Å². The number of allylic oxidation sites excluding steroid dienone is 2. The molecule has 2 nitrogen and oxygen atoms in total. The molecule has 6 rings (SSSR count). The van der Waals surface area contributed by atoms with Crippen LogP contribution in [0.5, 0.6) is 0 Å². The third kappa shape index (κ3) is 4.26. The first-order valence-electron chi connectivity index (χ1n) is 11.7. The first-order valence-corrected chi connectivity index (χ1v) is 15.8. The summed E-state index contributed by atoms with van der Waals surface area (Å²) in [6, 6.07) is 17.8. The summed E-state index contributed by atoms with van der Waals surface area (Å²) in [5, 5.41) is 0. The fraction of sp³-hybridized carbons (Fsp3) is 0.200. The Balaban J connectivity index is 0.00000144. The first kappa shape index (κ1) is 26.0. The summed E-state index contributed by atoms with van der Waals surface area (Å²) in [6.45, 7) is 9.15. The van der Waals surface area contributed by atoms with Gasteiger partial charge in [0.15, 0.2) is 0 Å². The number of aromatic nitrogens is 2. The van der Waals surface area contributed by atoms with Gasteiger partial charge in [-0.15, -0.1) is 0 Å². The van der Waals surface area contributed by atoms with Crippen molar-refractivity contribution in [3.8, 4) is 0 Å². The summed E-state index contributed by atoms with van der Waals surface area (Å²) in [6.07, 6.45) is 13.8. The summed E-state index contributed by atoms with van der Waals surface area (Å²) in [7, 11) is 0. The molecule has 35 heavy (non-hydrogen) atoms. The van der Waals surface area contributed by atoms with Gasteiger partial charge in [0.05, 0.1) is 0 Å². The van der Waals surface area contributed by atoms with Crippen LogP contribution in [0.25, 0.3) is 23.5 Å². The Bertz CT molecular complexity index is 1320. The van der Waals surface area contributed by atoms with Crippen LogP contribution in [0.2, 0.25) is 0 Å². The van der Waals surface area contributed by atoms with Crippen molar-refractivity contribution in [1.82, 2.24) is 9.13 Å². The molecule has 2 aromatic carbocycles. The van der Waals surface area contributed by atoms with Gasteiger partial charge in [-0.25, -0.2) is 0 Å². The molecule has 0 radical (unpaired) electrons. The van der Waals surface area contributed by atoms with E-state index in [1.54, 1.807) is 11.1 Å². The molecule has 2 aromatic heterocycles. The third-order valence-electron chi connectivity index (χ3n) is 7.34. The van der Waals surface area contributed by atoms with E-state index in [0.29, 0.717) is 7.35 Å². The van der Waals surface area contributed by atoms with Crippen LogP contribution < -0.4 is 24.8 Å². The summed E-state index contributed by atoms with van der Waals surface area (Å²) >= 11 is -1.33. The van der Waals surface area contributed by atoms with Gasteiger partial charge >= 0.3 is 208 Å². The van der Waals surface area contributed by atoms with E-state index < -0.39 is 22.9 Å². The summed E-state index contributed by atoms with van der Waals surface area (Å²) in [4.78, 5) is 0. The van der Waals surface area contributed by atoms with Crippen molar-refractivity contribution >= 4 is 23.5 Å². The molecule has 2 unspecified atom stereocenters. The molecule has 4 aromatic rings. The number of rotatable bonds is 4. The number of halogens is 2. The Morgan fingerprint density at radius 1 is 0.543 bits per heavy atom. The molecule has 0 amide bonds. The number of nitrogens with zero attached hydrogens (tertiary/aromatic N) is 2. The van der Waals surface area contributed by atoms with Gasteiger partial charge < -0.3 is 24.8 Å². The van der Waals surface area contributed by atoms with E-state index in [1.165, 1.54) is 44.8 Å².